The van der Waals surface area contributed by atoms with E-state index >= 15 is 0 Å². The molecule has 75 valence electrons. The molecule has 0 saturated carbocycles. The predicted octanol–water partition coefficient (Wildman–Crippen LogP) is 3.61. The van der Waals surface area contributed by atoms with Gasteiger partial charge in [-0.05, 0) is 24.6 Å². The van der Waals surface area contributed by atoms with Crippen molar-refractivity contribution in [2.75, 3.05) is 6.61 Å². The van der Waals surface area contributed by atoms with Gasteiger partial charge in [-0.25, -0.2) is 0 Å². The maximum atomic E-state index is 5.47. The summed E-state index contributed by atoms with van der Waals surface area (Å²) in [7, 11) is 0. The average Bonchev–Trinajstić information content (AvgIpc) is 2.25. The Kier molecular flexibility index (Phi) is 5.57. The van der Waals surface area contributed by atoms with E-state index in [0.29, 0.717) is 6.61 Å². The van der Waals surface area contributed by atoms with Gasteiger partial charge in [-0.3, -0.25) is 0 Å². The summed E-state index contributed by atoms with van der Waals surface area (Å²) in [4.78, 5) is 0. The minimum absolute atomic E-state index is 0.654. The van der Waals surface area contributed by atoms with E-state index in [1.165, 1.54) is 12.8 Å². The highest BCUT2D eigenvalue weighted by Gasteiger charge is 1.87. The first-order valence-corrected chi connectivity index (χ1v) is 5.17. The summed E-state index contributed by atoms with van der Waals surface area (Å²) in [5.41, 5.74) is 0. The van der Waals surface area contributed by atoms with Crippen LogP contribution in [0.25, 0.3) is 0 Å². The van der Waals surface area contributed by atoms with Crippen molar-refractivity contribution in [3.8, 4) is 5.75 Å². The second kappa shape index (κ2) is 7.19. The fourth-order valence-corrected chi connectivity index (χ4v) is 1.12. The number of allylic oxidation sites excluding steroid dienone is 1. The molecule has 0 N–H and O–H groups in total. The lowest BCUT2D eigenvalue weighted by Gasteiger charge is -2.00. The van der Waals surface area contributed by atoms with Crippen LogP contribution in [0.4, 0.5) is 0 Å². The van der Waals surface area contributed by atoms with Crippen molar-refractivity contribution < 1.29 is 4.74 Å². The molecule has 1 aromatic rings. The molecule has 1 radical (unpaired) electrons. The van der Waals surface area contributed by atoms with Crippen molar-refractivity contribution in [3.05, 3.63) is 42.5 Å². The third-order valence-corrected chi connectivity index (χ3v) is 1.92. The molecule has 0 unspecified atom stereocenters. The third kappa shape index (κ3) is 4.70. The van der Waals surface area contributed by atoms with Gasteiger partial charge in [0.15, 0.2) is 0 Å². The van der Waals surface area contributed by atoms with Crippen LogP contribution in [0.1, 0.15) is 26.2 Å². The standard InChI is InChI=1S/C13H17O/c1-2-3-4-5-9-12-14-13-10-7-6-8-11-13/h5-7,9-11H,2-4,12H2,1H3. The molecule has 0 saturated heterocycles. The van der Waals surface area contributed by atoms with Crippen LogP contribution in [0.3, 0.4) is 0 Å². The van der Waals surface area contributed by atoms with Crippen molar-refractivity contribution in [2.24, 2.45) is 0 Å². The van der Waals surface area contributed by atoms with Gasteiger partial charge in [0.2, 0.25) is 0 Å². The van der Waals surface area contributed by atoms with Crippen LogP contribution in [-0.4, -0.2) is 6.61 Å². The molecule has 0 aliphatic rings. The van der Waals surface area contributed by atoms with Crippen LogP contribution in [0, 0.1) is 6.07 Å². The molecule has 0 atom stereocenters. The van der Waals surface area contributed by atoms with E-state index in [1.54, 1.807) is 0 Å². The SMILES string of the molecule is CCCCC=CCOc1c[c]ccc1. The van der Waals surface area contributed by atoms with E-state index in [0.717, 1.165) is 12.2 Å². The summed E-state index contributed by atoms with van der Waals surface area (Å²) in [6, 6.07) is 10.6. The van der Waals surface area contributed by atoms with Gasteiger partial charge in [-0.15, -0.1) is 0 Å². The number of hydrogen-bond acceptors (Lipinski definition) is 1. The van der Waals surface area contributed by atoms with E-state index < -0.39 is 0 Å². The summed E-state index contributed by atoms with van der Waals surface area (Å²) >= 11 is 0. The maximum absolute atomic E-state index is 5.47. The molecule has 0 bridgehead atoms. The lowest BCUT2D eigenvalue weighted by atomic mass is 10.2. The summed E-state index contributed by atoms with van der Waals surface area (Å²) in [6.07, 6.45) is 7.91. The van der Waals surface area contributed by atoms with E-state index in [9.17, 15) is 0 Å². The van der Waals surface area contributed by atoms with Gasteiger partial charge in [0, 0.05) is 0 Å². The van der Waals surface area contributed by atoms with E-state index in [-0.39, 0.29) is 0 Å². The molecule has 1 nitrogen and oxygen atoms in total. The fourth-order valence-electron chi connectivity index (χ4n) is 1.12. The van der Waals surface area contributed by atoms with Crippen molar-refractivity contribution >= 4 is 0 Å². The molecule has 0 spiro atoms. The summed E-state index contributed by atoms with van der Waals surface area (Å²) in [5.74, 6) is 0.882. The van der Waals surface area contributed by atoms with Crippen LogP contribution >= 0.6 is 0 Å². The van der Waals surface area contributed by atoms with Crippen molar-refractivity contribution in [1.29, 1.82) is 0 Å². The van der Waals surface area contributed by atoms with E-state index in [2.05, 4.69) is 25.1 Å². The third-order valence-electron chi connectivity index (χ3n) is 1.92. The Bertz CT molecular complexity index is 251. The normalized spacial score (nSPS) is 10.6. The van der Waals surface area contributed by atoms with Crippen LogP contribution in [0.2, 0.25) is 0 Å². The van der Waals surface area contributed by atoms with Crippen LogP contribution in [0.5, 0.6) is 5.75 Å². The number of hydrogen-bond donors (Lipinski definition) is 0. The Hall–Kier alpha value is -1.24. The Morgan fingerprint density at radius 2 is 2.36 bits per heavy atom. The molecule has 0 aromatic heterocycles. The monoisotopic (exact) mass is 189 g/mol. The lowest BCUT2D eigenvalue weighted by Crippen LogP contribution is -1.92. The summed E-state index contributed by atoms with van der Waals surface area (Å²) < 4.78 is 5.47. The Balaban J connectivity index is 2.12. The second-order valence-corrected chi connectivity index (χ2v) is 3.16. The molecular formula is C13H17O. The highest BCUT2D eigenvalue weighted by Crippen LogP contribution is 2.07. The van der Waals surface area contributed by atoms with Crippen molar-refractivity contribution in [3.63, 3.8) is 0 Å². The predicted molar refractivity (Wildman–Crippen MR) is 59.4 cm³/mol. The molecule has 14 heavy (non-hydrogen) atoms. The largest absolute Gasteiger partial charge is 0.490 e. The van der Waals surface area contributed by atoms with Gasteiger partial charge in [-0.1, -0.05) is 44.1 Å². The van der Waals surface area contributed by atoms with Crippen molar-refractivity contribution in [2.45, 2.75) is 26.2 Å². The van der Waals surface area contributed by atoms with Gasteiger partial charge in [0.25, 0.3) is 0 Å². The van der Waals surface area contributed by atoms with Crippen LogP contribution < -0.4 is 4.74 Å². The molecule has 0 aliphatic heterocycles. The zero-order chi connectivity index (χ0) is 10.1. The smallest absolute Gasteiger partial charge is 0.120 e. The number of benzene rings is 1. The molecule has 1 rings (SSSR count). The molecule has 0 amide bonds. The van der Waals surface area contributed by atoms with Crippen molar-refractivity contribution in [1.82, 2.24) is 0 Å². The minimum Gasteiger partial charge on any atom is -0.490 e. The molecule has 1 aromatic carbocycles. The minimum atomic E-state index is 0.654. The first kappa shape index (κ1) is 10.8. The molecule has 0 heterocycles. The molecule has 0 fully saturated rings. The Morgan fingerprint density at radius 3 is 3.07 bits per heavy atom. The van der Waals surface area contributed by atoms with Gasteiger partial charge >= 0.3 is 0 Å². The first-order valence-electron chi connectivity index (χ1n) is 5.17. The molecule has 0 aliphatic carbocycles. The Morgan fingerprint density at radius 1 is 1.43 bits per heavy atom. The average molecular weight is 189 g/mol. The van der Waals surface area contributed by atoms with Gasteiger partial charge in [0.05, 0.1) is 0 Å². The van der Waals surface area contributed by atoms with Crippen LogP contribution in [-0.2, 0) is 0 Å². The zero-order valence-corrected chi connectivity index (χ0v) is 8.70. The summed E-state index contributed by atoms with van der Waals surface area (Å²) in [5, 5.41) is 0. The van der Waals surface area contributed by atoms with Gasteiger partial charge in [-0.2, -0.15) is 0 Å². The highest BCUT2D eigenvalue weighted by molar-refractivity contribution is 5.20. The van der Waals surface area contributed by atoms with E-state index in [1.807, 2.05) is 24.3 Å². The first-order chi connectivity index (χ1) is 6.93. The number of rotatable bonds is 6. The maximum Gasteiger partial charge on any atom is 0.120 e. The Labute approximate surface area is 86.4 Å². The number of ether oxygens (including phenoxy) is 1. The topological polar surface area (TPSA) is 9.23 Å². The summed E-state index contributed by atoms with van der Waals surface area (Å²) in [6.45, 7) is 2.85. The highest BCUT2D eigenvalue weighted by atomic mass is 16.5. The fraction of sp³-hybridized carbons (Fsp3) is 0.385. The van der Waals surface area contributed by atoms with Gasteiger partial charge in [0.1, 0.15) is 12.4 Å². The molecule has 1 heteroatoms. The van der Waals surface area contributed by atoms with Gasteiger partial charge < -0.3 is 4.74 Å². The lowest BCUT2D eigenvalue weighted by molar-refractivity contribution is 0.362. The quantitative estimate of drug-likeness (QED) is 0.490. The van der Waals surface area contributed by atoms with E-state index in [4.69, 9.17) is 4.74 Å². The van der Waals surface area contributed by atoms with Crippen LogP contribution in [0.15, 0.2) is 36.4 Å². The zero-order valence-electron chi connectivity index (χ0n) is 8.70. The molecular weight excluding hydrogens is 172 g/mol. The second-order valence-electron chi connectivity index (χ2n) is 3.16. The number of unbranched alkanes of at least 4 members (excludes halogenated alkanes) is 2.